The number of benzene rings is 1. The second-order valence-electron chi connectivity index (χ2n) is 12.6. The molecule has 4 aliphatic heterocycles. The summed E-state index contributed by atoms with van der Waals surface area (Å²) in [5.41, 5.74) is -0.657. The highest BCUT2D eigenvalue weighted by Gasteiger charge is 2.72. The van der Waals surface area contributed by atoms with Crippen molar-refractivity contribution < 1.29 is 19.1 Å². The van der Waals surface area contributed by atoms with Crippen LogP contribution >= 0.6 is 23.2 Å². The highest BCUT2D eigenvalue weighted by Crippen LogP contribution is 2.55. The van der Waals surface area contributed by atoms with Gasteiger partial charge in [-0.05, 0) is 75.9 Å². The van der Waals surface area contributed by atoms with Crippen molar-refractivity contribution in [1.29, 1.82) is 0 Å². The van der Waals surface area contributed by atoms with E-state index >= 15 is 0 Å². The number of carbonyl (C=O) groups is 3. The van der Waals surface area contributed by atoms with Crippen LogP contribution in [0.3, 0.4) is 0 Å². The van der Waals surface area contributed by atoms with Gasteiger partial charge in [0.2, 0.25) is 17.7 Å². The highest BCUT2D eigenvalue weighted by molar-refractivity contribution is 6.42. The smallest absolute Gasteiger partial charge is 0.246 e. The molecule has 5 unspecified atom stereocenters. The van der Waals surface area contributed by atoms with E-state index in [4.69, 9.17) is 27.9 Å². The summed E-state index contributed by atoms with van der Waals surface area (Å²) < 4.78 is 6.48. The molecule has 1 aromatic rings. The topological polar surface area (TPSA) is 91.0 Å². The van der Waals surface area contributed by atoms with Crippen molar-refractivity contribution >= 4 is 46.6 Å². The van der Waals surface area contributed by atoms with Crippen molar-refractivity contribution in [3.8, 4) is 0 Å². The van der Waals surface area contributed by atoms with Gasteiger partial charge < -0.3 is 25.2 Å². The fourth-order valence-corrected chi connectivity index (χ4v) is 7.88. The lowest BCUT2D eigenvalue weighted by atomic mass is 9.74. The first-order chi connectivity index (χ1) is 19.8. The molecule has 1 aliphatic carbocycles. The zero-order chi connectivity index (χ0) is 28.7. The summed E-state index contributed by atoms with van der Waals surface area (Å²) in [7, 11) is 0. The molecule has 222 valence electrons. The number of ether oxygens (including phenoxy) is 1. The van der Waals surface area contributed by atoms with Crippen LogP contribution in [-0.4, -0.2) is 77.5 Å². The third kappa shape index (κ3) is 5.53. The van der Waals surface area contributed by atoms with E-state index < -0.39 is 29.6 Å². The first-order valence-electron chi connectivity index (χ1n) is 15.2. The number of halogens is 2. The van der Waals surface area contributed by atoms with Gasteiger partial charge in [-0.3, -0.25) is 14.4 Å². The van der Waals surface area contributed by atoms with E-state index in [-0.39, 0.29) is 23.8 Å². The lowest BCUT2D eigenvalue weighted by molar-refractivity contribution is -0.141. The Kier molecular flexibility index (Phi) is 8.38. The van der Waals surface area contributed by atoms with Crippen LogP contribution in [0.2, 0.25) is 10.0 Å². The van der Waals surface area contributed by atoms with E-state index in [0.717, 1.165) is 57.7 Å². The second kappa shape index (κ2) is 11.9. The van der Waals surface area contributed by atoms with Gasteiger partial charge in [0, 0.05) is 18.3 Å². The van der Waals surface area contributed by atoms with Crippen LogP contribution < -0.4 is 10.6 Å². The molecule has 8 nitrogen and oxygen atoms in total. The molecule has 0 aromatic heterocycles. The number of hydrogen-bond acceptors (Lipinski definition) is 5. The Balaban J connectivity index is 1.23. The second-order valence-corrected chi connectivity index (χ2v) is 13.4. The molecule has 1 saturated carbocycles. The Bertz CT molecular complexity index is 1210. The van der Waals surface area contributed by atoms with Crippen molar-refractivity contribution in [2.45, 2.75) is 82.1 Å². The van der Waals surface area contributed by atoms with Gasteiger partial charge in [-0.25, -0.2) is 0 Å². The Morgan fingerprint density at radius 2 is 1.78 bits per heavy atom. The van der Waals surface area contributed by atoms with Crippen molar-refractivity contribution in [3.05, 3.63) is 40.4 Å². The summed E-state index contributed by atoms with van der Waals surface area (Å²) in [4.78, 5) is 46.0. The van der Waals surface area contributed by atoms with Crippen LogP contribution in [-0.2, 0) is 19.1 Å². The Hall–Kier alpha value is -2.13. The molecule has 41 heavy (non-hydrogen) atoms. The summed E-state index contributed by atoms with van der Waals surface area (Å²) in [6, 6.07) is 4.19. The maximum Gasteiger partial charge on any atom is 0.246 e. The van der Waals surface area contributed by atoms with Crippen molar-refractivity contribution in [1.82, 2.24) is 15.1 Å². The van der Waals surface area contributed by atoms with Gasteiger partial charge in [-0.2, -0.15) is 0 Å². The van der Waals surface area contributed by atoms with Gasteiger partial charge in [0.15, 0.2) is 0 Å². The van der Waals surface area contributed by atoms with E-state index in [2.05, 4.69) is 22.5 Å². The number of amides is 3. The summed E-state index contributed by atoms with van der Waals surface area (Å²) in [6.07, 6.45) is 11.6. The van der Waals surface area contributed by atoms with Crippen molar-refractivity contribution in [2.24, 2.45) is 17.8 Å². The first-order valence-corrected chi connectivity index (χ1v) is 16.0. The normalized spacial score (nSPS) is 32.0. The number of nitrogens with one attached hydrogen (secondary N) is 2. The Labute approximate surface area is 252 Å². The molecule has 4 fully saturated rings. The molecule has 1 aromatic carbocycles. The average Bonchev–Trinajstić information content (AvgIpc) is 3.60. The summed E-state index contributed by atoms with van der Waals surface area (Å²) in [5, 5.41) is 6.88. The molecule has 2 bridgehead atoms. The molecule has 3 amide bonds. The fraction of sp³-hybridized carbons (Fsp3) is 0.645. The van der Waals surface area contributed by atoms with E-state index in [1.54, 1.807) is 23.1 Å². The minimum Gasteiger partial charge on any atom is -0.359 e. The predicted octanol–water partition coefficient (Wildman–Crippen LogP) is 4.65. The van der Waals surface area contributed by atoms with E-state index in [1.807, 2.05) is 12.2 Å². The minimum atomic E-state index is -1.15. The molecule has 3 saturated heterocycles. The number of carbonyl (C=O) groups excluding carboxylic acids is 3. The number of rotatable bonds is 8. The standard InChI is InChI=1S/C31H40Cl2N4O4/c1-19-11-16-36(17-12-19)14-5-15-37-27(29(39)34-20-6-3-2-4-7-20)31-13-10-24(41-31)25(26(31)30(37)40)28(38)35-21-8-9-22(32)23(33)18-21/h8-10,13,18-20,24-27H,2-7,11-12,14-17H2,1H3,(H,34,39)(H,35,38). The third-order valence-electron chi connectivity index (χ3n) is 9.81. The molecule has 5 atom stereocenters. The molecule has 5 aliphatic rings. The molecule has 0 radical (unpaired) electrons. The predicted molar refractivity (Wildman–Crippen MR) is 159 cm³/mol. The maximum absolute atomic E-state index is 14.2. The Morgan fingerprint density at radius 3 is 2.51 bits per heavy atom. The number of fused-ring (bicyclic) bond motifs is 1. The maximum atomic E-state index is 14.2. The van der Waals surface area contributed by atoms with Crippen LogP contribution in [0.4, 0.5) is 5.69 Å². The van der Waals surface area contributed by atoms with Gasteiger partial charge >= 0.3 is 0 Å². The molecule has 4 heterocycles. The van der Waals surface area contributed by atoms with Crippen LogP contribution in [0.1, 0.15) is 58.3 Å². The summed E-state index contributed by atoms with van der Waals surface area (Å²) >= 11 is 12.2. The molecular formula is C31H40Cl2N4O4. The quantitative estimate of drug-likeness (QED) is 0.423. The minimum absolute atomic E-state index is 0.107. The molecule has 10 heteroatoms. The van der Waals surface area contributed by atoms with Crippen LogP contribution in [0.15, 0.2) is 30.4 Å². The zero-order valence-electron chi connectivity index (χ0n) is 23.6. The largest absolute Gasteiger partial charge is 0.359 e. The van der Waals surface area contributed by atoms with Crippen LogP contribution in [0.25, 0.3) is 0 Å². The number of hydrogen-bond donors (Lipinski definition) is 2. The van der Waals surface area contributed by atoms with E-state index in [1.165, 1.54) is 19.3 Å². The molecular weight excluding hydrogens is 563 g/mol. The van der Waals surface area contributed by atoms with Gasteiger partial charge in [-0.1, -0.05) is 61.5 Å². The van der Waals surface area contributed by atoms with Gasteiger partial charge in [-0.15, -0.1) is 0 Å². The average molecular weight is 604 g/mol. The van der Waals surface area contributed by atoms with Crippen LogP contribution in [0, 0.1) is 17.8 Å². The zero-order valence-corrected chi connectivity index (χ0v) is 25.1. The SMILES string of the molecule is CC1CCN(CCCN2C(=O)C3C(C(=O)Nc4ccc(Cl)c(Cl)c4)C4C=CC3(O4)C2C(=O)NC2CCCCC2)CC1. The first kappa shape index (κ1) is 29.0. The van der Waals surface area contributed by atoms with Crippen LogP contribution in [0.5, 0.6) is 0 Å². The Morgan fingerprint density at radius 1 is 1.02 bits per heavy atom. The molecule has 2 N–H and O–H groups in total. The highest BCUT2D eigenvalue weighted by atomic mass is 35.5. The monoisotopic (exact) mass is 602 g/mol. The fourth-order valence-electron chi connectivity index (χ4n) is 7.58. The number of piperidine rings is 1. The van der Waals surface area contributed by atoms with E-state index in [9.17, 15) is 14.4 Å². The summed E-state index contributed by atoms with van der Waals surface area (Å²) in [6.45, 7) is 5.76. The van der Waals surface area contributed by atoms with Crippen molar-refractivity contribution in [2.75, 3.05) is 31.5 Å². The lowest BCUT2D eigenvalue weighted by Gasteiger charge is -2.35. The van der Waals surface area contributed by atoms with Gasteiger partial charge in [0.1, 0.15) is 11.6 Å². The van der Waals surface area contributed by atoms with Gasteiger partial charge in [0.05, 0.1) is 28.0 Å². The molecule has 6 rings (SSSR count). The third-order valence-corrected chi connectivity index (χ3v) is 10.6. The van der Waals surface area contributed by atoms with Gasteiger partial charge in [0.25, 0.3) is 0 Å². The number of anilines is 1. The summed E-state index contributed by atoms with van der Waals surface area (Å²) in [5.74, 6) is -1.44. The van der Waals surface area contributed by atoms with Crippen molar-refractivity contribution in [3.63, 3.8) is 0 Å². The lowest BCUT2D eigenvalue weighted by Crippen LogP contribution is -2.56. The van der Waals surface area contributed by atoms with E-state index in [0.29, 0.717) is 22.3 Å². The number of nitrogens with zero attached hydrogens (tertiary/aromatic N) is 2. The number of likely N-dealkylation sites (tertiary alicyclic amines) is 2. The molecule has 1 spiro atoms.